The first-order chi connectivity index (χ1) is 15.5. The molecule has 168 valence electrons. The molecule has 1 unspecified atom stereocenters. The number of rotatable bonds is 7. The van der Waals surface area contributed by atoms with Crippen LogP contribution >= 0.6 is 0 Å². The molecule has 1 aliphatic rings. The van der Waals surface area contributed by atoms with Gasteiger partial charge in [0.25, 0.3) is 0 Å². The van der Waals surface area contributed by atoms with Gasteiger partial charge in [-0.1, -0.05) is 23.3 Å². The van der Waals surface area contributed by atoms with E-state index in [0.717, 1.165) is 5.75 Å². The second-order valence-corrected chi connectivity index (χ2v) is 9.31. The number of carbonyl (C=O) groups is 1. The molecule has 1 amide bonds. The Bertz CT molecular complexity index is 1160. The standard InChI is InChI=1S/C22H24N4O5S/c1-2-30-18-12-10-16(11-13-18)21-24-25-22(31-21)23-20(27)17-7-6-14-26(15-17)32(28,29)19-8-4-3-5-9-19/h3-5,8-13,17H,2,6-7,14-15H2,1H3,(H,23,25,27). The van der Waals surface area contributed by atoms with Gasteiger partial charge in [0, 0.05) is 18.7 Å². The van der Waals surface area contributed by atoms with E-state index in [1.165, 1.54) is 4.31 Å². The highest BCUT2D eigenvalue weighted by Gasteiger charge is 2.33. The molecule has 1 N–H and O–H groups in total. The van der Waals surface area contributed by atoms with Gasteiger partial charge in [-0.25, -0.2) is 8.42 Å². The minimum absolute atomic E-state index is 0.0260. The Morgan fingerprint density at radius 3 is 2.62 bits per heavy atom. The van der Waals surface area contributed by atoms with E-state index in [2.05, 4.69) is 15.5 Å². The molecule has 0 saturated carbocycles. The number of nitrogens with zero attached hydrogens (tertiary/aromatic N) is 3. The van der Waals surface area contributed by atoms with E-state index < -0.39 is 15.9 Å². The van der Waals surface area contributed by atoms with Gasteiger partial charge in [0.05, 0.1) is 17.4 Å². The minimum atomic E-state index is -3.65. The van der Waals surface area contributed by atoms with Gasteiger partial charge in [0.15, 0.2) is 0 Å². The highest BCUT2D eigenvalue weighted by molar-refractivity contribution is 7.89. The molecule has 3 aromatic rings. The lowest BCUT2D eigenvalue weighted by Crippen LogP contribution is -2.43. The SMILES string of the molecule is CCOc1ccc(-c2nnc(NC(=O)C3CCCN(S(=O)(=O)c4ccccc4)C3)o2)cc1. The molecule has 32 heavy (non-hydrogen) atoms. The van der Waals surface area contributed by atoms with E-state index >= 15 is 0 Å². The van der Waals surface area contributed by atoms with Crippen molar-refractivity contribution in [2.45, 2.75) is 24.7 Å². The Morgan fingerprint density at radius 1 is 1.16 bits per heavy atom. The van der Waals surface area contributed by atoms with Crippen LogP contribution in [-0.4, -0.2) is 48.5 Å². The molecule has 0 aliphatic carbocycles. The summed E-state index contributed by atoms with van der Waals surface area (Å²) in [7, 11) is -3.65. The largest absolute Gasteiger partial charge is 0.494 e. The third-order valence-corrected chi connectivity index (χ3v) is 7.08. The number of hydrogen-bond donors (Lipinski definition) is 1. The average Bonchev–Trinajstić information content (AvgIpc) is 3.29. The first-order valence-corrected chi connectivity index (χ1v) is 11.8. The van der Waals surface area contributed by atoms with E-state index in [0.29, 0.717) is 31.6 Å². The Kier molecular flexibility index (Phi) is 6.52. The number of anilines is 1. The number of aromatic nitrogens is 2. The monoisotopic (exact) mass is 456 g/mol. The van der Waals surface area contributed by atoms with Gasteiger partial charge in [-0.3, -0.25) is 10.1 Å². The zero-order valence-electron chi connectivity index (χ0n) is 17.6. The summed E-state index contributed by atoms with van der Waals surface area (Å²) in [6, 6.07) is 15.4. The maximum Gasteiger partial charge on any atom is 0.322 e. The molecule has 1 aromatic heterocycles. The fourth-order valence-corrected chi connectivity index (χ4v) is 5.12. The van der Waals surface area contributed by atoms with Crippen molar-refractivity contribution in [1.82, 2.24) is 14.5 Å². The van der Waals surface area contributed by atoms with Crippen molar-refractivity contribution < 1.29 is 22.4 Å². The van der Waals surface area contributed by atoms with E-state index in [1.54, 1.807) is 54.6 Å². The predicted octanol–water partition coefficient (Wildman–Crippen LogP) is 3.17. The molecule has 10 heteroatoms. The summed E-state index contributed by atoms with van der Waals surface area (Å²) in [6.45, 7) is 2.96. The van der Waals surface area contributed by atoms with Crippen LogP contribution in [0.4, 0.5) is 6.01 Å². The molecule has 2 aromatic carbocycles. The van der Waals surface area contributed by atoms with Crippen LogP contribution in [-0.2, 0) is 14.8 Å². The van der Waals surface area contributed by atoms with E-state index in [-0.39, 0.29) is 29.3 Å². The van der Waals surface area contributed by atoms with Crippen molar-refractivity contribution in [3.63, 3.8) is 0 Å². The van der Waals surface area contributed by atoms with Crippen molar-refractivity contribution >= 4 is 21.9 Å². The number of carbonyl (C=O) groups excluding carboxylic acids is 1. The fraction of sp³-hybridized carbons (Fsp3) is 0.318. The molecule has 9 nitrogen and oxygen atoms in total. The first-order valence-electron chi connectivity index (χ1n) is 10.4. The molecule has 1 atom stereocenters. The topological polar surface area (TPSA) is 115 Å². The van der Waals surface area contributed by atoms with E-state index in [1.807, 2.05) is 6.92 Å². The number of piperidine rings is 1. The molecule has 0 radical (unpaired) electrons. The zero-order valence-corrected chi connectivity index (χ0v) is 18.4. The van der Waals surface area contributed by atoms with Gasteiger partial charge < -0.3 is 9.15 Å². The Morgan fingerprint density at radius 2 is 1.91 bits per heavy atom. The molecular weight excluding hydrogens is 432 g/mol. The van der Waals surface area contributed by atoms with Crippen LogP contribution in [0.1, 0.15) is 19.8 Å². The normalized spacial score (nSPS) is 17.1. The first kappa shape index (κ1) is 22.0. The molecule has 2 heterocycles. The second-order valence-electron chi connectivity index (χ2n) is 7.37. The highest BCUT2D eigenvalue weighted by atomic mass is 32.2. The van der Waals surface area contributed by atoms with Crippen LogP contribution in [0.5, 0.6) is 5.75 Å². The lowest BCUT2D eigenvalue weighted by Gasteiger charge is -2.30. The number of benzene rings is 2. The van der Waals surface area contributed by atoms with E-state index in [4.69, 9.17) is 9.15 Å². The van der Waals surface area contributed by atoms with Crippen LogP contribution in [0, 0.1) is 5.92 Å². The molecule has 0 spiro atoms. The molecule has 1 fully saturated rings. The third kappa shape index (κ3) is 4.81. The lowest BCUT2D eigenvalue weighted by molar-refractivity contribution is -0.121. The summed E-state index contributed by atoms with van der Waals surface area (Å²) >= 11 is 0. The lowest BCUT2D eigenvalue weighted by atomic mass is 9.99. The van der Waals surface area contributed by atoms with Gasteiger partial charge >= 0.3 is 6.01 Å². The maximum absolute atomic E-state index is 12.9. The van der Waals surface area contributed by atoms with Crippen molar-refractivity contribution in [3.8, 4) is 17.2 Å². The molecule has 0 bridgehead atoms. The number of amides is 1. The zero-order chi connectivity index (χ0) is 22.6. The quantitative estimate of drug-likeness (QED) is 0.581. The maximum atomic E-state index is 12.9. The van der Waals surface area contributed by atoms with Crippen LogP contribution in [0.25, 0.3) is 11.5 Å². The third-order valence-electron chi connectivity index (χ3n) is 5.20. The summed E-state index contributed by atoms with van der Waals surface area (Å²) < 4.78 is 38.1. The summed E-state index contributed by atoms with van der Waals surface area (Å²) in [5.74, 6) is 0.139. The molecule has 4 rings (SSSR count). The molecule has 1 saturated heterocycles. The van der Waals surface area contributed by atoms with Gasteiger partial charge in [-0.2, -0.15) is 4.31 Å². The van der Waals surface area contributed by atoms with Crippen molar-refractivity contribution in [2.24, 2.45) is 5.92 Å². The fourth-order valence-electron chi connectivity index (χ4n) is 3.57. The summed E-state index contributed by atoms with van der Waals surface area (Å²) in [5, 5.41) is 10.5. The number of sulfonamides is 1. The molecule has 1 aliphatic heterocycles. The Hall–Kier alpha value is -3.24. The number of hydrogen-bond acceptors (Lipinski definition) is 7. The van der Waals surface area contributed by atoms with E-state index in [9.17, 15) is 13.2 Å². The van der Waals surface area contributed by atoms with Crippen molar-refractivity contribution in [1.29, 1.82) is 0 Å². The van der Waals surface area contributed by atoms with Gasteiger partial charge in [-0.05, 0) is 56.2 Å². The highest BCUT2D eigenvalue weighted by Crippen LogP contribution is 2.26. The van der Waals surface area contributed by atoms with Gasteiger partial charge in [0.2, 0.25) is 21.8 Å². The predicted molar refractivity (Wildman–Crippen MR) is 117 cm³/mol. The summed E-state index contributed by atoms with van der Waals surface area (Å²) in [4.78, 5) is 13.0. The average molecular weight is 457 g/mol. The van der Waals surface area contributed by atoms with Crippen LogP contribution < -0.4 is 10.1 Å². The second kappa shape index (κ2) is 9.49. The van der Waals surface area contributed by atoms with Crippen LogP contribution in [0.2, 0.25) is 0 Å². The van der Waals surface area contributed by atoms with Crippen molar-refractivity contribution in [3.05, 3.63) is 54.6 Å². The van der Waals surface area contributed by atoms with Gasteiger partial charge in [-0.15, -0.1) is 5.10 Å². The van der Waals surface area contributed by atoms with Crippen molar-refractivity contribution in [2.75, 3.05) is 25.0 Å². The number of ether oxygens (including phenoxy) is 1. The summed E-state index contributed by atoms with van der Waals surface area (Å²) in [6.07, 6.45) is 1.16. The van der Waals surface area contributed by atoms with Gasteiger partial charge in [0.1, 0.15) is 5.75 Å². The number of nitrogens with one attached hydrogen (secondary N) is 1. The van der Waals surface area contributed by atoms with Crippen LogP contribution in [0.3, 0.4) is 0 Å². The Labute approximate surface area is 186 Å². The summed E-state index contributed by atoms with van der Waals surface area (Å²) in [5.41, 5.74) is 0.694. The van der Waals surface area contributed by atoms with Crippen LogP contribution in [0.15, 0.2) is 63.9 Å². The smallest absolute Gasteiger partial charge is 0.322 e. The molecular formula is C22H24N4O5S. The Balaban J connectivity index is 1.41. The minimum Gasteiger partial charge on any atom is -0.494 e.